The number of benzene rings is 1. The summed E-state index contributed by atoms with van der Waals surface area (Å²) in [6.07, 6.45) is 1.93. The highest BCUT2D eigenvalue weighted by Gasteiger charge is 2.26. The lowest BCUT2D eigenvalue weighted by Gasteiger charge is -2.11. The Morgan fingerprint density at radius 3 is 2.66 bits per heavy atom. The number of nitrogens with one attached hydrogen (secondary N) is 1. The fourth-order valence-electron chi connectivity index (χ4n) is 3.15. The van der Waals surface area contributed by atoms with E-state index in [9.17, 15) is 13.2 Å². The number of carbonyl (C=O) groups excluding carboxylic acids is 1. The molecule has 1 aromatic carbocycles. The lowest BCUT2D eigenvalue weighted by molar-refractivity contribution is 0.0754. The third-order valence-electron chi connectivity index (χ3n) is 4.68. The quantitative estimate of drug-likeness (QED) is 0.642. The Balaban J connectivity index is 1.52. The van der Waals surface area contributed by atoms with E-state index in [-0.39, 0.29) is 29.1 Å². The molecule has 0 spiro atoms. The van der Waals surface area contributed by atoms with Crippen molar-refractivity contribution in [2.45, 2.75) is 31.2 Å². The van der Waals surface area contributed by atoms with Crippen LogP contribution in [0.4, 0.5) is 0 Å². The van der Waals surface area contributed by atoms with Crippen LogP contribution in [0.15, 0.2) is 45.7 Å². The molecule has 3 heterocycles. The zero-order valence-electron chi connectivity index (χ0n) is 15.8. The van der Waals surface area contributed by atoms with E-state index in [2.05, 4.69) is 14.9 Å². The van der Waals surface area contributed by atoms with Gasteiger partial charge in [0.15, 0.2) is 0 Å². The van der Waals surface area contributed by atoms with Crippen molar-refractivity contribution >= 4 is 27.3 Å². The van der Waals surface area contributed by atoms with Gasteiger partial charge in [-0.2, -0.15) is 0 Å². The van der Waals surface area contributed by atoms with Crippen LogP contribution in [-0.4, -0.2) is 42.5 Å². The summed E-state index contributed by atoms with van der Waals surface area (Å²) in [5, 5.41) is 7.79. The maximum Gasteiger partial charge on any atom is 0.311 e. The van der Waals surface area contributed by atoms with Crippen LogP contribution in [-0.2, 0) is 16.6 Å². The molecule has 0 saturated carbocycles. The van der Waals surface area contributed by atoms with Crippen LogP contribution < -0.4 is 4.72 Å². The van der Waals surface area contributed by atoms with E-state index >= 15 is 0 Å². The zero-order chi connectivity index (χ0) is 20.4. The Morgan fingerprint density at radius 1 is 1.21 bits per heavy atom. The molecule has 1 aliphatic rings. The van der Waals surface area contributed by atoms with E-state index in [0.717, 1.165) is 18.4 Å². The summed E-state index contributed by atoms with van der Waals surface area (Å²) >= 11 is 1.23. The van der Waals surface area contributed by atoms with Crippen LogP contribution in [0.5, 0.6) is 0 Å². The monoisotopic (exact) mass is 432 g/mol. The molecule has 0 aliphatic carbocycles. The summed E-state index contributed by atoms with van der Waals surface area (Å²) in [6, 6.07) is 10.8. The number of carbonyl (C=O) groups is 1. The van der Waals surface area contributed by atoms with Gasteiger partial charge in [-0.3, -0.25) is 4.79 Å². The van der Waals surface area contributed by atoms with E-state index in [0.29, 0.717) is 22.8 Å². The minimum atomic E-state index is -3.70. The Hall–Kier alpha value is -2.56. The summed E-state index contributed by atoms with van der Waals surface area (Å²) in [5.74, 6) is -0.211. The van der Waals surface area contributed by atoms with E-state index < -0.39 is 10.0 Å². The predicted octanol–water partition coefficient (Wildman–Crippen LogP) is 2.82. The highest BCUT2D eigenvalue weighted by molar-refractivity contribution is 7.89. The second-order valence-electron chi connectivity index (χ2n) is 6.75. The van der Waals surface area contributed by atoms with Crippen LogP contribution >= 0.6 is 11.3 Å². The minimum absolute atomic E-state index is 0.0698. The molecule has 8 nitrogen and oxygen atoms in total. The first-order chi connectivity index (χ1) is 13.9. The Morgan fingerprint density at radius 2 is 1.93 bits per heavy atom. The average Bonchev–Trinajstić information content (AvgIpc) is 3.47. The molecule has 1 N–H and O–H groups in total. The molecule has 152 valence electrons. The third-order valence-corrected chi connectivity index (χ3v) is 7.38. The summed E-state index contributed by atoms with van der Waals surface area (Å²) < 4.78 is 33.6. The number of nitrogens with zero attached hydrogens (tertiary/aromatic N) is 3. The molecule has 1 aliphatic heterocycles. The van der Waals surface area contributed by atoms with Crippen LogP contribution in [0, 0.1) is 6.92 Å². The molecule has 1 saturated heterocycles. The molecule has 3 aromatic rings. The Labute approximate surface area is 172 Å². The number of sulfonamides is 1. The maximum atomic E-state index is 12.7. The highest BCUT2D eigenvalue weighted by atomic mass is 32.2. The number of aromatic nitrogens is 2. The number of amides is 1. The van der Waals surface area contributed by atoms with E-state index in [1.165, 1.54) is 17.4 Å². The Bertz CT molecular complexity index is 1120. The number of aryl methyl sites for hydroxylation is 1. The lowest BCUT2D eigenvalue weighted by atomic mass is 10.2. The van der Waals surface area contributed by atoms with E-state index in [1.54, 1.807) is 11.8 Å². The topological polar surface area (TPSA) is 105 Å². The van der Waals surface area contributed by atoms with Crippen molar-refractivity contribution in [3.05, 3.63) is 52.7 Å². The normalized spacial score (nSPS) is 14.4. The molecule has 2 aromatic heterocycles. The van der Waals surface area contributed by atoms with Gasteiger partial charge in [0, 0.05) is 24.5 Å². The van der Waals surface area contributed by atoms with Gasteiger partial charge in [-0.15, -0.1) is 21.5 Å². The number of rotatable bonds is 6. The molecule has 10 heteroatoms. The van der Waals surface area contributed by atoms with Crippen molar-refractivity contribution in [2.24, 2.45) is 0 Å². The molecule has 0 radical (unpaired) electrons. The van der Waals surface area contributed by atoms with Gasteiger partial charge in [0.2, 0.25) is 10.0 Å². The molecule has 1 amide bonds. The summed E-state index contributed by atoms with van der Waals surface area (Å²) in [4.78, 5) is 15.3. The lowest BCUT2D eigenvalue weighted by Crippen LogP contribution is -2.27. The van der Waals surface area contributed by atoms with Gasteiger partial charge >= 0.3 is 11.8 Å². The van der Waals surface area contributed by atoms with Crippen molar-refractivity contribution in [3.63, 3.8) is 0 Å². The predicted molar refractivity (Wildman–Crippen MR) is 108 cm³/mol. The minimum Gasteiger partial charge on any atom is -0.411 e. The maximum absolute atomic E-state index is 12.7. The second-order valence-corrected chi connectivity index (χ2v) is 9.74. The van der Waals surface area contributed by atoms with E-state index in [4.69, 9.17) is 4.42 Å². The smallest absolute Gasteiger partial charge is 0.311 e. The number of thiophene rings is 1. The average molecular weight is 433 g/mol. The largest absolute Gasteiger partial charge is 0.411 e. The van der Waals surface area contributed by atoms with Gasteiger partial charge < -0.3 is 9.32 Å². The summed E-state index contributed by atoms with van der Waals surface area (Å²) in [5.41, 5.74) is 0.867. The fraction of sp³-hybridized carbons (Fsp3) is 0.316. The molecule has 4 rings (SSSR count). The molecule has 29 heavy (non-hydrogen) atoms. The highest BCUT2D eigenvalue weighted by Crippen LogP contribution is 2.33. The van der Waals surface area contributed by atoms with Crippen molar-refractivity contribution < 1.29 is 17.6 Å². The number of likely N-dealkylation sites (tertiary alicyclic amines) is 1. The first-order valence-electron chi connectivity index (χ1n) is 9.21. The molecule has 1 fully saturated rings. The van der Waals surface area contributed by atoms with Gasteiger partial charge in [-0.05, 0) is 31.4 Å². The van der Waals surface area contributed by atoms with Gasteiger partial charge in [0.25, 0.3) is 5.89 Å². The van der Waals surface area contributed by atoms with Gasteiger partial charge in [-0.1, -0.05) is 30.3 Å². The summed E-state index contributed by atoms with van der Waals surface area (Å²) in [7, 11) is -3.70. The van der Waals surface area contributed by atoms with Crippen LogP contribution in [0.3, 0.4) is 0 Å². The first kappa shape index (κ1) is 19.7. The number of hydrogen-bond acceptors (Lipinski definition) is 7. The van der Waals surface area contributed by atoms with Crippen LogP contribution in [0.25, 0.3) is 10.8 Å². The third kappa shape index (κ3) is 4.24. The van der Waals surface area contributed by atoms with E-state index in [1.807, 2.05) is 30.3 Å². The standard InChI is InChI=1S/C19H20N4O4S2/c1-13-16(29(25,26)20-12-14-7-3-2-4-8-14)11-15(28-13)17-21-22-18(27-17)19(24)23-9-5-6-10-23/h2-4,7-8,11,20H,5-6,9-10,12H2,1H3. The number of hydrogen-bond donors (Lipinski definition) is 1. The van der Waals surface area contributed by atoms with Gasteiger partial charge in [0.1, 0.15) is 0 Å². The fourth-order valence-corrected chi connectivity index (χ4v) is 5.68. The van der Waals surface area contributed by atoms with Gasteiger partial charge in [0.05, 0.1) is 9.77 Å². The zero-order valence-corrected chi connectivity index (χ0v) is 17.4. The van der Waals surface area contributed by atoms with Crippen LogP contribution in [0.2, 0.25) is 0 Å². The molecule has 0 unspecified atom stereocenters. The Kier molecular flexibility index (Phi) is 5.48. The van der Waals surface area contributed by atoms with Gasteiger partial charge in [-0.25, -0.2) is 13.1 Å². The molecular formula is C19H20N4O4S2. The summed E-state index contributed by atoms with van der Waals surface area (Å²) in [6.45, 7) is 3.29. The molecule has 0 atom stereocenters. The molecule has 0 bridgehead atoms. The van der Waals surface area contributed by atoms with Crippen molar-refractivity contribution in [1.82, 2.24) is 19.8 Å². The van der Waals surface area contributed by atoms with Crippen LogP contribution in [0.1, 0.15) is 34.0 Å². The SMILES string of the molecule is Cc1sc(-c2nnc(C(=O)N3CCCC3)o2)cc1S(=O)(=O)NCc1ccccc1. The first-order valence-corrected chi connectivity index (χ1v) is 11.5. The van der Waals surface area contributed by atoms with Crippen molar-refractivity contribution in [1.29, 1.82) is 0 Å². The van der Waals surface area contributed by atoms with Crippen molar-refractivity contribution in [3.8, 4) is 10.8 Å². The van der Waals surface area contributed by atoms with Crippen molar-refractivity contribution in [2.75, 3.05) is 13.1 Å². The second kappa shape index (κ2) is 8.05. The molecular weight excluding hydrogens is 412 g/mol.